The number of piperidine rings is 1. The molecule has 1 saturated heterocycles. The van der Waals surface area contributed by atoms with Crippen LogP contribution in [-0.4, -0.2) is 40.8 Å². The van der Waals surface area contributed by atoms with Crippen LogP contribution >= 0.6 is 0 Å². The van der Waals surface area contributed by atoms with E-state index in [0.717, 1.165) is 42.8 Å². The van der Waals surface area contributed by atoms with Gasteiger partial charge in [0.05, 0.1) is 12.6 Å². The molecule has 1 N–H and O–H groups in total. The zero-order valence-corrected chi connectivity index (χ0v) is 15.8. The summed E-state index contributed by atoms with van der Waals surface area (Å²) in [5.74, 6) is 0.852. The highest BCUT2D eigenvalue weighted by atomic mass is 16.2. The first-order valence-electron chi connectivity index (χ1n) is 9.81. The number of amides is 1. The Hall–Kier alpha value is -3.02. The van der Waals surface area contributed by atoms with Crippen molar-refractivity contribution in [3.63, 3.8) is 0 Å². The standard InChI is InChI=1S/C22H24N4O2/c27-20-9-8-18(16-5-2-1-3-6-16)19(20)13-22(28)25-17-7-4-12-26(15-17)21-14-23-10-11-24-21/h1-3,5-6,10-11,14,17H,4,7-9,12-13,15H2,(H,25,28). The van der Waals surface area contributed by atoms with E-state index < -0.39 is 0 Å². The smallest absolute Gasteiger partial charge is 0.224 e. The Balaban J connectivity index is 1.41. The van der Waals surface area contributed by atoms with E-state index >= 15 is 0 Å². The van der Waals surface area contributed by atoms with E-state index in [1.54, 1.807) is 18.6 Å². The molecule has 1 aliphatic carbocycles. The summed E-state index contributed by atoms with van der Waals surface area (Å²) in [5.41, 5.74) is 2.73. The highest BCUT2D eigenvalue weighted by Crippen LogP contribution is 2.33. The van der Waals surface area contributed by atoms with Crippen LogP contribution in [0.4, 0.5) is 5.82 Å². The van der Waals surface area contributed by atoms with Crippen LogP contribution in [0.3, 0.4) is 0 Å². The van der Waals surface area contributed by atoms with E-state index in [2.05, 4.69) is 20.2 Å². The molecule has 144 valence electrons. The lowest BCUT2D eigenvalue weighted by molar-refractivity contribution is -0.123. The fourth-order valence-corrected chi connectivity index (χ4v) is 4.07. The van der Waals surface area contributed by atoms with Crippen molar-refractivity contribution >= 4 is 23.1 Å². The van der Waals surface area contributed by atoms with E-state index in [0.29, 0.717) is 18.5 Å². The van der Waals surface area contributed by atoms with Gasteiger partial charge in [0, 0.05) is 43.5 Å². The summed E-state index contributed by atoms with van der Waals surface area (Å²) in [4.78, 5) is 35.7. The number of hydrogen-bond donors (Lipinski definition) is 1. The summed E-state index contributed by atoms with van der Waals surface area (Å²) in [6.07, 6.45) is 8.37. The first-order valence-corrected chi connectivity index (χ1v) is 9.81. The first-order chi connectivity index (χ1) is 13.7. The van der Waals surface area contributed by atoms with Crippen LogP contribution in [0.2, 0.25) is 0 Å². The monoisotopic (exact) mass is 376 g/mol. The molecule has 0 bridgehead atoms. The molecule has 0 spiro atoms. The van der Waals surface area contributed by atoms with Gasteiger partial charge in [-0.2, -0.15) is 0 Å². The second-order valence-corrected chi connectivity index (χ2v) is 7.34. The summed E-state index contributed by atoms with van der Waals surface area (Å²) in [5, 5.41) is 3.12. The summed E-state index contributed by atoms with van der Waals surface area (Å²) in [6, 6.07) is 9.95. The maximum absolute atomic E-state index is 12.7. The molecule has 1 amide bonds. The average Bonchev–Trinajstić information content (AvgIpc) is 3.09. The highest BCUT2D eigenvalue weighted by molar-refractivity contribution is 6.10. The molecular weight excluding hydrogens is 352 g/mol. The molecule has 4 rings (SSSR count). The predicted octanol–water partition coefficient (Wildman–Crippen LogP) is 2.77. The molecule has 1 atom stereocenters. The number of nitrogens with zero attached hydrogens (tertiary/aromatic N) is 3. The van der Waals surface area contributed by atoms with Crippen LogP contribution in [0, 0.1) is 0 Å². The molecule has 2 aromatic rings. The number of aromatic nitrogens is 2. The molecule has 1 aromatic heterocycles. The van der Waals surface area contributed by atoms with Crippen molar-refractivity contribution in [2.45, 2.75) is 38.1 Å². The molecule has 1 fully saturated rings. The summed E-state index contributed by atoms with van der Waals surface area (Å²) in [7, 11) is 0. The minimum absolute atomic E-state index is 0.0561. The molecule has 0 saturated carbocycles. The molecule has 6 nitrogen and oxygen atoms in total. The lowest BCUT2D eigenvalue weighted by Gasteiger charge is -2.33. The van der Waals surface area contributed by atoms with Gasteiger partial charge in [-0.1, -0.05) is 30.3 Å². The highest BCUT2D eigenvalue weighted by Gasteiger charge is 2.27. The number of allylic oxidation sites excluding steroid dienone is 1. The van der Waals surface area contributed by atoms with Crippen molar-refractivity contribution in [1.29, 1.82) is 0 Å². The second-order valence-electron chi connectivity index (χ2n) is 7.34. The molecule has 1 aromatic carbocycles. The van der Waals surface area contributed by atoms with Gasteiger partial charge in [0.1, 0.15) is 5.82 Å². The third kappa shape index (κ3) is 4.11. The molecule has 28 heavy (non-hydrogen) atoms. The third-order valence-electron chi connectivity index (χ3n) is 5.42. The van der Waals surface area contributed by atoms with E-state index in [-0.39, 0.29) is 24.2 Å². The van der Waals surface area contributed by atoms with Crippen LogP contribution in [0.25, 0.3) is 5.57 Å². The zero-order valence-electron chi connectivity index (χ0n) is 15.8. The molecule has 2 heterocycles. The average molecular weight is 376 g/mol. The maximum atomic E-state index is 12.7. The van der Waals surface area contributed by atoms with E-state index in [1.807, 2.05) is 30.3 Å². The largest absolute Gasteiger partial charge is 0.353 e. The maximum Gasteiger partial charge on any atom is 0.224 e. The van der Waals surface area contributed by atoms with Crippen LogP contribution in [0.1, 0.15) is 37.7 Å². The zero-order chi connectivity index (χ0) is 19.3. The van der Waals surface area contributed by atoms with E-state index in [1.165, 1.54) is 0 Å². The summed E-state index contributed by atoms with van der Waals surface area (Å²) in [6.45, 7) is 1.62. The Kier molecular flexibility index (Phi) is 5.46. The van der Waals surface area contributed by atoms with E-state index in [4.69, 9.17) is 0 Å². The number of benzene rings is 1. The van der Waals surface area contributed by atoms with Crippen molar-refractivity contribution in [2.75, 3.05) is 18.0 Å². The lowest BCUT2D eigenvalue weighted by atomic mass is 9.99. The van der Waals surface area contributed by atoms with Gasteiger partial charge in [-0.3, -0.25) is 14.6 Å². The van der Waals surface area contributed by atoms with Crippen LogP contribution in [0.15, 0.2) is 54.5 Å². The number of carbonyl (C=O) groups excluding carboxylic acids is 2. The number of rotatable bonds is 5. The predicted molar refractivity (Wildman–Crippen MR) is 108 cm³/mol. The molecule has 1 unspecified atom stereocenters. The SMILES string of the molecule is O=C(CC1=C(c2ccccc2)CCC1=O)NC1CCCN(c2cnccn2)C1. The quantitative estimate of drug-likeness (QED) is 0.868. The summed E-state index contributed by atoms with van der Waals surface area (Å²) < 4.78 is 0. The molecule has 6 heteroatoms. The fourth-order valence-electron chi connectivity index (χ4n) is 4.07. The number of anilines is 1. The first kappa shape index (κ1) is 18.3. The Morgan fingerprint density at radius 1 is 1.18 bits per heavy atom. The lowest BCUT2D eigenvalue weighted by Crippen LogP contribution is -2.48. The normalized spacial score (nSPS) is 19.8. The van der Waals surface area contributed by atoms with Crippen LogP contribution < -0.4 is 10.2 Å². The Bertz CT molecular complexity index is 880. The second kappa shape index (κ2) is 8.33. The van der Waals surface area contributed by atoms with Crippen LogP contribution in [-0.2, 0) is 9.59 Å². The minimum Gasteiger partial charge on any atom is -0.353 e. The van der Waals surface area contributed by atoms with Gasteiger partial charge in [-0.15, -0.1) is 0 Å². The van der Waals surface area contributed by atoms with Crippen molar-refractivity contribution < 1.29 is 9.59 Å². The number of Topliss-reactive ketones (excluding diaryl/α,β-unsaturated/α-hetero) is 1. The van der Waals surface area contributed by atoms with Gasteiger partial charge in [-0.25, -0.2) is 4.98 Å². The van der Waals surface area contributed by atoms with Crippen molar-refractivity contribution in [1.82, 2.24) is 15.3 Å². The van der Waals surface area contributed by atoms with Gasteiger partial charge in [0.2, 0.25) is 5.91 Å². The third-order valence-corrected chi connectivity index (χ3v) is 5.42. The van der Waals surface area contributed by atoms with E-state index in [9.17, 15) is 9.59 Å². The summed E-state index contributed by atoms with van der Waals surface area (Å²) >= 11 is 0. The van der Waals surface area contributed by atoms with Crippen LogP contribution in [0.5, 0.6) is 0 Å². The topological polar surface area (TPSA) is 75.2 Å². The number of ketones is 1. The molecular formula is C22H24N4O2. The van der Waals surface area contributed by atoms with Gasteiger partial charge in [0.15, 0.2) is 5.78 Å². The van der Waals surface area contributed by atoms with Gasteiger partial charge in [0.25, 0.3) is 0 Å². The molecule has 0 radical (unpaired) electrons. The van der Waals surface area contributed by atoms with Crippen molar-refractivity contribution in [3.8, 4) is 0 Å². The van der Waals surface area contributed by atoms with Gasteiger partial charge in [-0.05, 0) is 30.4 Å². The number of hydrogen-bond acceptors (Lipinski definition) is 5. The molecule has 1 aliphatic heterocycles. The minimum atomic E-state index is -0.0790. The Morgan fingerprint density at radius 3 is 2.82 bits per heavy atom. The van der Waals surface area contributed by atoms with Gasteiger partial charge >= 0.3 is 0 Å². The van der Waals surface area contributed by atoms with Crippen molar-refractivity contribution in [2.24, 2.45) is 0 Å². The number of carbonyl (C=O) groups is 2. The number of nitrogens with one attached hydrogen (secondary N) is 1. The molecule has 2 aliphatic rings. The van der Waals surface area contributed by atoms with Crippen molar-refractivity contribution in [3.05, 3.63) is 60.1 Å². The van der Waals surface area contributed by atoms with Gasteiger partial charge < -0.3 is 10.2 Å². The Labute approximate surface area is 164 Å². The Morgan fingerprint density at radius 2 is 2.04 bits per heavy atom. The fraction of sp³-hybridized carbons (Fsp3) is 0.364.